The number of ether oxygens (including phenoxy) is 1. The SMILES string of the molecule is CCN1C(=O)[C@H]2[C@@H](c3ccc(-c4ccc(F)cc4)cc3)N3CCCC[C@@]3(C(=O)OC)[C@H]2C1=O.O=C(O)C(F)(F)F. The summed E-state index contributed by atoms with van der Waals surface area (Å²) < 4.78 is 50.3. The number of rotatable bonds is 4. The van der Waals surface area contributed by atoms with Crippen molar-refractivity contribution in [1.82, 2.24) is 9.80 Å². The molecule has 3 fully saturated rings. The van der Waals surface area contributed by atoms with Crippen LogP contribution in [0.3, 0.4) is 0 Å². The summed E-state index contributed by atoms with van der Waals surface area (Å²) in [5.41, 5.74) is 1.59. The van der Waals surface area contributed by atoms with E-state index in [1.807, 2.05) is 24.3 Å². The first-order valence-electron chi connectivity index (χ1n) is 12.7. The minimum atomic E-state index is -5.08. The van der Waals surface area contributed by atoms with Gasteiger partial charge in [0.1, 0.15) is 11.4 Å². The van der Waals surface area contributed by atoms with E-state index in [2.05, 4.69) is 4.90 Å². The first-order chi connectivity index (χ1) is 18.9. The third-order valence-corrected chi connectivity index (χ3v) is 7.88. The van der Waals surface area contributed by atoms with Gasteiger partial charge in [0.25, 0.3) is 0 Å². The molecule has 40 heavy (non-hydrogen) atoms. The number of hydrogen-bond acceptors (Lipinski definition) is 6. The first-order valence-corrected chi connectivity index (χ1v) is 12.7. The fourth-order valence-electron chi connectivity index (χ4n) is 6.24. The van der Waals surface area contributed by atoms with Crippen LogP contribution in [0.25, 0.3) is 11.1 Å². The van der Waals surface area contributed by atoms with Crippen LogP contribution in [-0.4, -0.2) is 70.6 Å². The van der Waals surface area contributed by atoms with Crippen molar-refractivity contribution in [2.24, 2.45) is 11.8 Å². The fourth-order valence-corrected chi connectivity index (χ4v) is 6.24. The number of methoxy groups -OCH3 is 1. The van der Waals surface area contributed by atoms with Crippen LogP contribution in [0.15, 0.2) is 48.5 Å². The topological polar surface area (TPSA) is 104 Å². The van der Waals surface area contributed by atoms with Crippen molar-refractivity contribution in [2.75, 3.05) is 20.2 Å². The molecule has 3 heterocycles. The van der Waals surface area contributed by atoms with E-state index in [0.29, 0.717) is 13.0 Å². The number of benzene rings is 2. The number of carboxylic acid groups (broad SMARTS) is 1. The smallest absolute Gasteiger partial charge is 0.475 e. The summed E-state index contributed by atoms with van der Waals surface area (Å²) >= 11 is 0. The van der Waals surface area contributed by atoms with Crippen LogP contribution in [0.2, 0.25) is 0 Å². The Morgan fingerprint density at radius 1 is 1.00 bits per heavy atom. The van der Waals surface area contributed by atoms with Gasteiger partial charge in [-0.1, -0.05) is 36.4 Å². The largest absolute Gasteiger partial charge is 0.490 e. The van der Waals surface area contributed by atoms with Crippen LogP contribution in [0, 0.1) is 17.7 Å². The maximum absolute atomic E-state index is 13.4. The predicted octanol–water partition coefficient (Wildman–Crippen LogP) is 4.20. The predicted molar refractivity (Wildman–Crippen MR) is 133 cm³/mol. The minimum absolute atomic E-state index is 0.210. The minimum Gasteiger partial charge on any atom is -0.475 e. The molecule has 0 spiro atoms. The van der Waals surface area contributed by atoms with E-state index in [1.165, 1.54) is 24.1 Å². The summed E-state index contributed by atoms with van der Waals surface area (Å²) in [6.07, 6.45) is -2.89. The molecule has 0 aromatic heterocycles. The molecular formula is C28H28F4N2O6. The van der Waals surface area contributed by atoms with Gasteiger partial charge in [0.15, 0.2) is 0 Å². The van der Waals surface area contributed by atoms with Crippen molar-refractivity contribution < 1.29 is 46.6 Å². The van der Waals surface area contributed by atoms with Crippen LogP contribution >= 0.6 is 0 Å². The Labute approximate surface area is 227 Å². The number of halogens is 4. The number of likely N-dealkylation sites (tertiary alicyclic amines) is 1. The van der Waals surface area contributed by atoms with Crippen molar-refractivity contribution in [1.29, 1.82) is 0 Å². The molecule has 3 saturated heterocycles. The van der Waals surface area contributed by atoms with E-state index in [0.717, 1.165) is 29.5 Å². The molecular weight excluding hydrogens is 536 g/mol. The highest BCUT2D eigenvalue weighted by molar-refractivity contribution is 6.09. The van der Waals surface area contributed by atoms with E-state index in [4.69, 9.17) is 14.6 Å². The van der Waals surface area contributed by atoms with Gasteiger partial charge in [-0.25, -0.2) is 9.18 Å². The van der Waals surface area contributed by atoms with Gasteiger partial charge < -0.3 is 9.84 Å². The summed E-state index contributed by atoms with van der Waals surface area (Å²) in [6.45, 7) is 2.70. The molecule has 0 unspecified atom stereocenters. The maximum atomic E-state index is 13.4. The summed E-state index contributed by atoms with van der Waals surface area (Å²) in [5, 5.41) is 7.12. The lowest BCUT2D eigenvalue weighted by Crippen LogP contribution is -2.59. The number of carbonyl (C=O) groups is 4. The average Bonchev–Trinajstić information content (AvgIpc) is 3.38. The normalized spacial score (nSPS) is 26.1. The second-order valence-electron chi connectivity index (χ2n) is 9.87. The third kappa shape index (κ3) is 4.85. The molecule has 1 N–H and O–H groups in total. The molecule has 2 amide bonds. The summed E-state index contributed by atoms with van der Waals surface area (Å²) in [7, 11) is 1.35. The molecule has 3 aliphatic rings. The molecule has 0 saturated carbocycles. The fraction of sp³-hybridized carbons (Fsp3) is 0.429. The number of aliphatic carboxylic acids is 1. The van der Waals surface area contributed by atoms with Gasteiger partial charge in [-0.2, -0.15) is 13.2 Å². The van der Waals surface area contributed by atoms with Crippen LogP contribution in [0.4, 0.5) is 17.6 Å². The molecule has 0 aliphatic carbocycles. The van der Waals surface area contributed by atoms with Crippen LogP contribution < -0.4 is 0 Å². The molecule has 3 aliphatic heterocycles. The number of piperidine rings is 1. The number of carbonyl (C=O) groups excluding carboxylic acids is 3. The number of alkyl halides is 3. The van der Waals surface area contributed by atoms with E-state index in [-0.39, 0.29) is 30.2 Å². The Kier molecular flexibility index (Phi) is 8.02. The van der Waals surface area contributed by atoms with Crippen molar-refractivity contribution in [2.45, 2.75) is 43.9 Å². The Balaban J connectivity index is 0.000000470. The Bertz CT molecular complexity index is 1300. The zero-order valence-electron chi connectivity index (χ0n) is 21.8. The standard InChI is InChI=1S/C26H27FN2O4.C2HF3O2/c1-3-28-23(30)20-21(24(28)31)26(25(32)33-2)14-4-5-15-29(26)22(20)18-8-6-16(7-9-18)17-10-12-19(27)13-11-17;3-2(4,5)1(6)7/h6-13,20-22H,3-5,14-15H2,1-2H3;(H,6,7)/t20-,21-,22-,26+;/m1./s1. The molecule has 0 bridgehead atoms. The van der Waals surface area contributed by atoms with Crippen molar-refractivity contribution >= 4 is 23.8 Å². The van der Waals surface area contributed by atoms with E-state index in [9.17, 15) is 31.9 Å². The Morgan fingerprint density at radius 2 is 1.55 bits per heavy atom. The number of esters is 1. The third-order valence-electron chi connectivity index (χ3n) is 7.88. The zero-order valence-corrected chi connectivity index (χ0v) is 21.8. The van der Waals surface area contributed by atoms with Gasteiger partial charge in [0.2, 0.25) is 11.8 Å². The average molecular weight is 565 g/mol. The second kappa shape index (κ2) is 11.0. The lowest BCUT2D eigenvalue weighted by atomic mass is 9.75. The number of nitrogens with zero attached hydrogens (tertiary/aromatic N) is 2. The monoisotopic (exact) mass is 564 g/mol. The number of fused-ring (bicyclic) bond motifs is 3. The molecule has 2 aromatic rings. The van der Waals surface area contributed by atoms with Gasteiger partial charge >= 0.3 is 18.1 Å². The lowest BCUT2D eigenvalue weighted by Gasteiger charge is -2.44. The van der Waals surface area contributed by atoms with E-state index in [1.54, 1.807) is 19.1 Å². The molecule has 2 aromatic carbocycles. The van der Waals surface area contributed by atoms with Gasteiger partial charge in [-0.3, -0.25) is 24.2 Å². The van der Waals surface area contributed by atoms with Gasteiger partial charge in [-0.05, 0) is 61.6 Å². The number of imide groups is 1. The molecule has 5 rings (SSSR count). The second-order valence-corrected chi connectivity index (χ2v) is 9.87. The highest BCUT2D eigenvalue weighted by Gasteiger charge is 2.72. The molecule has 4 atom stereocenters. The molecule has 214 valence electrons. The Morgan fingerprint density at radius 3 is 2.05 bits per heavy atom. The van der Waals surface area contributed by atoms with Crippen LogP contribution in [-0.2, 0) is 23.9 Å². The van der Waals surface area contributed by atoms with Gasteiger partial charge in [-0.15, -0.1) is 0 Å². The highest BCUT2D eigenvalue weighted by Crippen LogP contribution is 2.58. The summed E-state index contributed by atoms with van der Waals surface area (Å²) in [4.78, 5) is 52.3. The highest BCUT2D eigenvalue weighted by atomic mass is 19.4. The zero-order chi connectivity index (χ0) is 29.4. The maximum Gasteiger partial charge on any atom is 0.490 e. The molecule has 12 heteroatoms. The Hall–Kier alpha value is -3.80. The van der Waals surface area contributed by atoms with E-state index >= 15 is 0 Å². The van der Waals surface area contributed by atoms with Crippen molar-refractivity contribution in [3.63, 3.8) is 0 Å². The van der Waals surface area contributed by atoms with Gasteiger partial charge in [0.05, 0.1) is 18.9 Å². The molecule has 0 radical (unpaired) electrons. The molecule has 8 nitrogen and oxygen atoms in total. The summed E-state index contributed by atoms with van der Waals surface area (Å²) in [5.74, 6) is -5.31. The number of hydrogen-bond donors (Lipinski definition) is 1. The number of carboxylic acids is 1. The first kappa shape index (κ1) is 29.2. The van der Waals surface area contributed by atoms with E-state index < -0.39 is 35.5 Å². The van der Waals surface area contributed by atoms with Crippen molar-refractivity contribution in [3.8, 4) is 11.1 Å². The quantitative estimate of drug-likeness (QED) is 0.337. The summed E-state index contributed by atoms with van der Waals surface area (Å²) in [6, 6.07) is 13.7. The van der Waals surface area contributed by atoms with Crippen LogP contribution in [0.1, 0.15) is 37.8 Å². The van der Waals surface area contributed by atoms with Gasteiger partial charge in [0, 0.05) is 12.6 Å². The lowest BCUT2D eigenvalue weighted by molar-refractivity contribution is -0.192. The van der Waals surface area contributed by atoms with Crippen molar-refractivity contribution in [3.05, 3.63) is 59.9 Å². The van der Waals surface area contributed by atoms with Crippen LogP contribution in [0.5, 0.6) is 0 Å². The number of amides is 2.